The van der Waals surface area contributed by atoms with Crippen LogP contribution in [0.1, 0.15) is 36.2 Å². The maximum atomic E-state index is 9.82. The summed E-state index contributed by atoms with van der Waals surface area (Å²) in [6.45, 7) is 8.05. The van der Waals surface area contributed by atoms with Gasteiger partial charge in [0.05, 0.1) is 12.3 Å². The van der Waals surface area contributed by atoms with Crippen LogP contribution < -0.4 is 0 Å². The highest BCUT2D eigenvalue weighted by Gasteiger charge is 2.34. The Morgan fingerprint density at radius 1 is 1.45 bits per heavy atom. The summed E-state index contributed by atoms with van der Waals surface area (Å²) in [5.74, 6) is 0. The standard InChI is InChI=1S/C15H27N3O2/c1-12-14(13(2)17-16-12)9-18-7-4-5-15(10-18,11-19)6-8-20-3/h19H,4-11H2,1-3H3,(H,16,17)/t15-/m1/s1. The van der Waals surface area contributed by atoms with Gasteiger partial charge in [-0.15, -0.1) is 0 Å². The molecule has 1 saturated heterocycles. The van der Waals surface area contributed by atoms with Crippen LogP contribution >= 0.6 is 0 Å². The summed E-state index contributed by atoms with van der Waals surface area (Å²) in [4.78, 5) is 2.44. The first-order chi connectivity index (χ1) is 9.60. The predicted molar refractivity (Wildman–Crippen MR) is 78.6 cm³/mol. The fraction of sp³-hybridized carbons (Fsp3) is 0.800. The number of nitrogens with zero attached hydrogens (tertiary/aromatic N) is 2. The fourth-order valence-electron chi connectivity index (χ4n) is 3.21. The lowest BCUT2D eigenvalue weighted by Crippen LogP contribution is -2.45. The lowest BCUT2D eigenvalue weighted by molar-refractivity contribution is 0.00465. The Kier molecular flexibility index (Phi) is 5.18. The van der Waals surface area contributed by atoms with Crippen molar-refractivity contribution in [2.45, 2.75) is 39.7 Å². The Bertz CT molecular complexity index is 413. The van der Waals surface area contributed by atoms with Gasteiger partial charge in [0, 0.05) is 43.5 Å². The number of nitrogens with one attached hydrogen (secondary N) is 1. The Morgan fingerprint density at radius 3 is 2.85 bits per heavy atom. The van der Waals surface area contributed by atoms with Gasteiger partial charge in [-0.25, -0.2) is 0 Å². The molecule has 2 rings (SSSR count). The molecule has 20 heavy (non-hydrogen) atoms. The molecule has 0 saturated carbocycles. The lowest BCUT2D eigenvalue weighted by atomic mass is 9.78. The highest BCUT2D eigenvalue weighted by atomic mass is 16.5. The molecule has 1 fully saturated rings. The van der Waals surface area contributed by atoms with Crippen molar-refractivity contribution in [3.63, 3.8) is 0 Å². The molecule has 0 aromatic carbocycles. The first kappa shape index (κ1) is 15.5. The van der Waals surface area contributed by atoms with E-state index in [9.17, 15) is 5.11 Å². The average molecular weight is 281 g/mol. The molecule has 5 heteroatoms. The van der Waals surface area contributed by atoms with Crippen molar-refractivity contribution < 1.29 is 9.84 Å². The molecule has 1 aromatic rings. The molecule has 0 unspecified atom stereocenters. The number of aryl methyl sites for hydroxylation is 2. The number of aromatic amines is 1. The van der Waals surface area contributed by atoms with Gasteiger partial charge in [-0.2, -0.15) is 5.10 Å². The largest absolute Gasteiger partial charge is 0.396 e. The van der Waals surface area contributed by atoms with E-state index in [2.05, 4.69) is 22.0 Å². The number of H-pyrrole nitrogens is 1. The normalized spacial score (nSPS) is 24.2. The maximum Gasteiger partial charge on any atom is 0.0639 e. The van der Waals surface area contributed by atoms with Gasteiger partial charge in [-0.1, -0.05) is 0 Å². The van der Waals surface area contributed by atoms with Gasteiger partial charge in [0.2, 0.25) is 0 Å². The predicted octanol–water partition coefficient (Wildman–Crippen LogP) is 1.64. The minimum Gasteiger partial charge on any atom is -0.396 e. The number of aliphatic hydroxyl groups excluding tert-OH is 1. The zero-order valence-electron chi connectivity index (χ0n) is 12.9. The van der Waals surface area contributed by atoms with Crippen molar-refractivity contribution in [1.29, 1.82) is 0 Å². The fourth-order valence-corrected chi connectivity index (χ4v) is 3.21. The molecular weight excluding hydrogens is 254 g/mol. The SMILES string of the molecule is COCC[C@]1(CO)CCCN(Cc2c(C)n[nH]c2C)C1. The summed E-state index contributed by atoms with van der Waals surface area (Å²) in [7, 11) is 1.73. The summed E-state index contributed by atoms with van der Waals surface area (Å²) in [5, 5.41) is 17.1. The van der Waals surface area contributed by atoms with Gasteiger partial charge in [0.15, 0.2) is 0 Å². The molecule has 2 heterocycles. The van der Waals surface area contributed by atoms with Crippen molar-refractivity contribution in [2.75, 3.05) is 33.4 Å². The topological polar surface area (TPSA) is 61.4 Å². The van der Waals surface area contributed by atoms with Crippen molar-refractivity contribution in [1.82, 2.24) is 15.1 Å². The van der Waals surface area contributed by atoms with Crippen molar-refractivity contribution >= 4 is 0 Å². The second-order valence-corrected chi connectivity index (χ2v) is 6.13. The first-order valence-electron chi connectivity index (χ1n) is 7.43. The third-order valence-electron chi connectivity index (χ3n) is 4.57. The van der Waals surface area contributed by atoms with E-state index in [1.54, 1.807) is 7.11 Å². The summed E-state index contributed by atoms with van der Waals surface area (Å²) in [6, 6.07) is 0. The third-order valence-corrected chi connectivity index (χ3v) is 4.57. The van der Waals surface area contributed by atoms with E-state index in [4.69, 9.17) is 4.74 Å². The van der Waals surface area contributed by atoms with Crippen LogP contribution in [0.2, 0.25) is 0 Å². The van der Waals surface area contributed by atoms with Gasteiger partial charge >= 0.3 is 0 Å². The van der Waals surface area contributed by atoms with Crippen LogP contribution in [-0.2, 0) is 11.3 Å². The highest BCUT2D eigenvalue weighted by Crippen LogP contribution is 2.34. The van der Waals surface area contributed by atoms with Gasteiger partial charge in [0.25, 0.3) is 0 Å². The molecule has 0 spiro atoms. The Labute approximate surface area is 121 Å². The number of aliphatic hydroxyl groups is 1. The lowest BCUT2D eigenvalue weighted by Gasteiger charge is -2.42. The molecule has 0 amide bonds. The minimum atomic E-state index is -0.000193. The van der Waals surface area contributed by atoms with Crippen LogP contribution in [-0.4, -0.2) is 53.6 Å². The maximum absolute atomic E-state index is 9.82. The molecule has 1 atom stereocenters. The molecule has 5 nitrogen and oxygen atoms in total. The molecule has 0 radical (unpaired) electrons. The van der Waals surface area contributed by atoms with E-state index >= 15 is 0 Å². The molecule has 114 valence electrons. The van der Waals surface area contributed by atoms with E-state index in [0.29, 0.717) is 0 Å². The first-order valence-corrected chi connectivity index (χ1v) is 7.43. The van der Waals surface area contributed by atoms with E-state index < -0.39 is 0 Å². The summed E-state index contributed by atoms with van der Waals surface area (Å²) < 4.78 is 5.21. The number of aromatic nitrogens is 2. The second kappa shape index (κ2) is 6.70. The summed E-state index contributed by atoms with van der Waals surface area (Å²) >= 11 is 0. The number of ether oxygens (including phenoxy) is 1. The number of hydrogen-bond acceptors (Lipinski definition) is 4. The van der Waals surface area contributed by atoms with Crippen LogP contribution in [0.3, 0.4) is 0 Å². The number of likely N-dealkylation sites (tertiary alicyclic amines) is 1. The van der Waals surface area contributed by atoms with Crippen LogP contribution in [0.15, 0.2) is 0 Å². The van der Waals surface area contributed by atoms with E-state index in [1.165, 1.54) is 5.56 Å². The monoisotopic (exact) mass is 281 g/mol. The Balaban J connectivity index is 2.02. The van der Waals surface area contributed by atoms with Crippen LogP contribution in [0, 0.1) is 19.3 Å². The minimum absolute atomic E-state index is 0.000193. The number of piperidine rings is 1. The molecule has 0 bridgehead atoms. The quantitative estimate of drug-likeness (QED) is 0.832. The van der Waals surface area contributed by atoms with Crippen molar-refractivity contribution in [2.24, 2.45) is 5.41 Å². The van der Waals surface area contributed by atoms with E-state index in [-0.39, 0.29) is 12.0 Å². The smallest absolute Gasteiger partial charge is 0.0639 e. The molecule has 1 aromatic heterocycles. The highest BCUT2D eigenvalue weighted by molar-refractivity contribution is 5.23. The average Bonchev–Trinajstić information content (AvgIpc) is 2.77. The summed E-state index contributed by atoms with van der Waals surface area (Å²) in [6.07, 6.45) is 3.16. The summed E-state index contributed by atoms with van der Waals surface area (Å²) in [5.41, 5.74) is 3.53. The van der Waals surface area contributed by atoms with Crippen LogP contribution in [0.4, 0.5) is 0 Å². The number of methoxy groups -OCH3 is 1. The van der Waals surface area contributed by atoms with E-state index in [1.807, 2.05) is 6.92 Å². The third kappa shape index (κ3) is 3.40. The molecule has 1 aliphatic heterocycles. The van der Waals surface area contributed by atoms with Crippen LogP contribution in [0.25, 0.3) is 0 Å². The number of rotatable bonds is 6. The van der Waals surface area contributed by atoms with Gasteiger partial charge < -0.3 is 9.84 Å². The number of hydrogen-bond donors (Lipinski definition) is 2. The van der Waals surface area contributed by atoms with Gasteiger partial charge in [-0.3, -0.25) is 10.00 Å². The molecule has 0 aliphatic carbocycles. The molecular formula is C15H27N3O2. The van der Waals surface area contributed by atoms with Crippen molar-refractivity contribution in [3.05, 3.63) is 17.0 Å². The molecule has 2 N–H and O–H groups in total. The Hall–Kier alpha value is -0.910. The second-order valence-electron chi connectivity index (χ2n) is 6.13. The van der Waals surface area contributed by atoms with Crippen molar-refractivity contribution in [3.8, 4) is 0 Å². The van der Waals surface area contributed by atoms with E-state index in [0.717, 1.165) is 56.9 Å². The Morgan fingerprint density at radius 2 is 2.25 bits per heavy atom. The zero-order chi connectivity index (χ0) is 14.6. The zero-order valence-corrected chi connectivity index (χ0v) is 12.9. The van der Waals surface area contributed by atoms with Gasteiger partial charge in [-0.05, 0) is 39.7 Å². The van der Waals surface area contributed by atoms with Gasteiger partial charge in [0.1, 0.15) is 0 Å². The van der Waals surface area contributed by atoms with Crippen LogP contribution in [0.5, 0.6) is 0 Å². The molecule has 1 aliphatic rings.